The van der Waals surface area contributed by atoms with E-state index in [-0.39, 0.29) is 6.10 Å². The molecule has 2 rings (SSSR count). The summed E-state index contributed by atoms with van der Waals surface area (Å²) < 4.78 is 0. The molecule has 1 saturated carbocycles. The van der Waals surface area contributed by atoms with Crippen LogP contribution in [0.5, 0.6) is 0 Å². The van der Waals surface area contributed by atoms with Crippen LogP contribution in [0.15, 0.2) is 0 Å². The summed E-state index contributed by atoms with van der Waals surface area (Å²) in [5.74, 6) is 0. The van der Waals surface area contributed by atoms with Crippen molar-refractivity contribution in [1.29, 1.82) is 0 Å². The average Bonchev–Trinajstić information content (AvgIpc) is 2.44. The summed E-state index contributed by atoms with van der Waals surface area (Å²) in [4.78, 5) is 2.60. The first-order valence-electron chi connectivity index (χ1n) is 8.80. The van der Waals surface area contributed by atoms with Crippen molar-refractivity contribution in [2.45, 2.75) is 95.6 Å². The van der Waals surface area contributed by atoms with Gasteiger partial charge < -0.3 is 5.11 Å². The van der Waals surface area contributed by atoms with Crippen LogP contribution >= 0.6 is 0 Å². The molecule has 1 saturated heterocycles. The second-order valence-corrected chi connectivity index (χ2v) is 6.64. The number of aliphatic hydroxyl groups excluding tert-OH is 1. The summed E-state index contributed by atoms with van der Waals surface area (Å²) in [5.41, 5.74) is 0. The lowest BCUT2D eigenvalue weighted by Gasteiger charge is -2.37. The van der Waals surface area contributed by atoms with Crippen molar-refractivity contribution in [2.75, 3.05) is 13.1 Å². The minimum Gasteiger partial charge on any atom is -0.391 e. The predicted octanol–water partition coefficient (Wildman–Crippen LogP) is 4.12. The van der Waals surface area contributed by atoms with Crippen molar-refractivity contribution in [3.63, 3.8) is 0 Å². The van der Waals surface area contributed by atoms with Crippen molar-refractivity contribution in [3.8, 4) is 0 Å². The molecular weight excluding hydrogens is 234 g/mol. The summed E-state index contributed by atoms with van der Waals surface area (Å²) >= 11 is 0. The highest BCUT2D eigenvalue weighted by Gasteiger charge is 2.26. The third-order valence-corrected chi connectivity index (χ3v) is 5.05. The van der Waals surface area contributed by atoms with Crippen molar-refractivity contribution < 1.29 is 5.11 Å². The molecule has 2 fully saturated rings. The Bertz CT molecular complexity index is 225. The van der Waals surface area contributed by atoms with Crippen LogP contribution in [0.1, 0.15) is 83.5 Å². The molecule has 1 aliphatic heterocycles. The van der Waals surface area contributed by atoms with Crippen molar-refractivity contribution in [1.82, 2.24) is 4.90 Å². The van der Waals surface area contributed by atoms with Crippen LogP contribution in [0.4, 0.5) is 0 Å². The Balaban J connectivity index is 1.86. The maximum atomic E-state index is 10.6. The first-order valence-corrected chi connectivity index (χ1v) is 8.80. The van der Waals surface area contributed by atoms with Crippen LogP contribution in [0.3, 0.4) is 0 Å². The Kier molecular flexibility index (Phi) is 7.23. The topological polar surface area (TPSA) is 23.5 Å². The fourth-order valence-electron chi connectivity index (χ4n) is 3.83. The molecule has 1 aliphatic carbocycles. The van der Waals surface area contributed by atoms with Crippen molar-refractivity contribution >= 4 is 0 Å². The minimum atomic E-state index is -0.0717. The lowest BCUT2D eigenvalue weighted by Crippen LogP contribution is -2.46. The minimum absolute atomic E-state index is 0.0717. The number of likely N-dealkylation sites (tertiary alicyclic amines) is 1. The molecule has 1 heterocycles. The van der Waals surface area contributed by atoms with Gasteiger partial charge in [0.25, 0.3) is 0 Å². The molecule has 0 aromatic carbocycles. The molecule has 0 aromatic rings. The molecule has 2 nitrogen and oxygen atoms in total. The van der Waals surface area contributed by atoms with Gasteiger partial charge in [-0.15, -0.1) is 0 Å². The van der Waals surface area contributed by atoms with E-state index in [1.165, 1.54) is 90.1 Å². The fraction of sp³-hybridized carbons (Fsp3) is 1.00. The average molecular weight is 267 g/mol. The SMILES string of the molecule is O[C@@H]1CCCCCCCCCC[C@H]1N1CCCCC1. The molecule has 0 bridgehead atoms. The molecule has 0 aromatic heterocycles. The third kappa shape index (κ3) is 5.43. The zero-order valence-electron chi connectivity index (χ0n) is 12.7. The van der Waals surface area contributed by atoms with E-state index in [0.717, 1.165) is 6.42 Å². The second-order valence-electron chi connectivity index (χ2n) is 6.64. The van der Waals surface area contributed by atoms with Gasteiger partial charge in [-0.05, 0) is 38.8 Å². The maximum Gasteiger partial charge on any atom is 0.0695 e. The molecule has 0 unspecified atom stereocenters. The lowest BCUT2D eigenvalue weighted by molar-refractivity contribution is 0.0257. The highest BCUT2D eigenvalue weighted by atomic mass is 16.3. The van der Waals surface area contributed by atoms with E-state index in [9.17, 15) is 5.11 Å². The van der Waals surface area contributed by atoms with Crippen molar-refractivity contribution in [3.05, 3.63) is 0 Å². The fourth-order valence-corrected chi connectivity index (χ4v) is 3.83. The van der Waals surface area contributed by atoms with Gasteiger partial charge in [0.15, 0.2) is 0 Å². The van der Waals surface area contributed by atoms with E-state index in [1.807, 2.05) is 0 Å². The zero-order valence-corrected chi connectivity index (χ0v) is 12.7. The number of nitrogens with zero attached hydrogens (tertiary/aromatic N) is 1. The molecule has 2 atom stereocenters. The Morgan fingerprint density at radius 3 is 1.68 bits per heavy atom. The van der Waals surface area contributed by atoms with Gasteiger partial charge in [0.05, 0.1) is 6.10 Å². The summed E-state index contributed by atoms with van der Waals surface area (Å²) in [7, 11) is 0. The van der Waals surface area contributed by atoms with E-state index in [4.69, 9.17) is 0 Å². The maximum absolute atomic E-state index is 10.6. The highest BCUT2D eigenvalue weighted by Crippen LogP contribution is 2.23. The van der Waals surface area contributed by atoms with Gasteiger partial charge in [-0.25, -0.2) is 0 Å². The lowest BCUT2D eigenvalue weighted by atomic mass is 9.93. The highest BCUT2D eigenvalue weighted by molar-refractivity contribution is 4.81. The molecule has 0 amide bonds. The second kappa shape index (κ2) is 8.97. The molecule has 0 radical (unpaired) electrons. The summed E-state index contributed by atoms with van der Waals surface area (Å²) in [6, 6.07) is 0.458. The molecule has 112 valence electrons. The summed E-state index contributed by atoms with van der Waals surface area (Å²) in [6.45, 7) is 2.45. The van der Waals surface area contributed by atoms with Crippen LogP contribution in [0.25, 0.3) is 0 Å². The summed E-state index contributed by atoms with van der Waals surface area (Å²) in [5, 5.41) is 10.6. The Hall–Kier alpha value is -0.0800. The van der Waals surface area contributed by atoms with E-state index in [0.29, 0.717) is 6.04 Å². The molecule has 0 spiro atoms. The summed E-state index contributed by atoms with van der Waals surface area (Å²) in [6.07, 6.45) is 17.1. The van der Waals surface area contributed by atoms with Gasteiger partial charge in [0, 0.05) is 6.04 Å². The van der Waals surface area contributed by atoms with Crippen LogP contribution in [0, 0.1) is 0 Å². The van der Waals surface area contributed by atoms with E-state index in [1.54, 1.807) is 0 Å². The van der Waals surface area contributed by atoms with E-state index in [2.05, 4.69) is 4.90 Å². The number of aliphatic hydroxyl groups is 1. The molecule has 19 heavy (non-hydrogen) atoms. The van der Waals surface area contributed by atoms with Gasteiger partial charge in [0.1, 0.15) is 0 Å². The largest absolute Gasteiger partial charge is 0.391 e. The van der Waals surface area contributed by atoms with Crippen molar-refractivity contribution in [2.24, 2.45) is 0 Å². The Morgan fingerprint density at radius 1 is 0.579 bits per heavy atom. The van der Waals surface area contributed by atoms with Gasteiger partial charge in [-0.1, -0.05) is 57.8 Å². The zero-order chi connectivity index (χ0) is 13.3. The normalized spacial score (nSPS) is 33.3. The molecule has 2 aliphatic rings. The van der Waals surface area contributed by atoms with Crippen LogP contribution in [-0.2, 0) is 0 Å². The number of hydrogen-bond donors (Lipinski definition) is 1. The van der Waals surface area contributed by atoms with Gasteiger partial charge in [-0.2, -0.15) is 0 Å². The Labute approximate surface area is 119 Å². The van der Waals surface area contributed by atoms with Gasteiger partial charge in [-0.3, -0.25) is 4.90 Å². The Morgan fingerprint density at radius 2 is 1.05 bits per heavy atom. The van der Waals surface area contributed by atoms with Crippen LogP contribution in [0.2, 0.25) is 0 Å². The van der Waals surface area contributed by atoms with Gasteiger partial charge >= 0.3 is 0 Å². The van der Waals surface area contributed by atoms with E-state index < -0.39 is 0 Å². The number of rotatable bonds is 1. The van der Waals surface area contributed by atoms with Gasteiger partial charge in [0.2, 0.25) is 0 Å². The van der Waals surface area contributed by atoms with Crippen LogP contribution < -0.4 is 0 Å². The monoisotopic (exact) mass is 267 g/mol. The molecule has 1 N–H and O–H groups in total. The first kappa shape index (κ1) is 15.3. The quantitative estimate of drug-likeness (QED) is 0.772. The first-order chi connectivity index (χ1) is 9.38. The molecular formula is C17H33NO. The van der Waals surface area contributed by atoms with Crippen LogP contribution in [-0.4, -0.2) is 35.2 Å². The predicted molar refractivity (Wildman–Crippen MR) is 81.4 cm³/mol. The third-order valence-electron chi connectivity index (χ3n) is 5.05. The molecule has 2 heteroatoms. The number of piperidine rings is 1. The van der Waals surface area contributed by atoms with E-state index >= 15 is 0 Å². The standard InChI is InChI=1S/C17H33NO/c19-17-13-9-6-4-2-1-3-5-8-12-16(17)18-14-10-7-11-15-18/h16-17,19H,1-15H2/t16-,17-/m1/s1. The smallest absolute Gasteiger partial charge is 0.0695 e. The number of hydrogen-bond acceptors (Lipinski definition) is 2.